The molecule has 5 heteroatoms. The van der Waals surface area contributed by atoms with E-state index in [9.17, 15) is 0 Å². The summed E-state index contributed by atoms with van der Waals surface area (Å²) in [6, 6.07) is 4.05. The molecule has 1 saturated carbocycles. The molecule has 0 saturated heterocycles. The van der Waals surface area contributed by atoms with Crippen molar-refractivity contribution in [3.63, 3.8) is 0 Å². The van der Waals surface area contributed by atoms with Gasteiger partial charge in [-0.05, 0) is 25.0 Å². The van der Waals surface area contributed by atoms with Crippen LogP contribution in [0, 0.1) is 0 Å². The van der Waals surface area contributed by atoms with Gasteiger partial charge in [-0.2, -0.15) is 9.61 Å². The van der Waals surface area contributed by atoms with Crippen LogP contribution in [0.4, 0.5) is 0 Å². The molecule has 0 atom stereocenters. The molecule has 1 aliphatic carbocycles. The lowest BCUT2D eigenvalue weighted by molar-refractivity contribution is 0.521. The summed E-state index contributed by atoms with van der Waals surface area (Å²) in [4.78, 5) is 0. The molecule has 2 aromatic heterocycles. The van der Waals surface area contributed by atoms with Gasteiger partial charge in [0, 0.05) is 11.7 Å². The zero-order valence-electron chi connectivity index (χ0n) is 9.26. The van der Waals surface area contributed by atoms with Crippen molar-refractivity contribution in [2.45, 2.75) is 42.9 Å². The molecule has 0 spiro atoms. The normalized spacial score (nSPS) is 16.6. The van der Waals surface area contributed by atoms with Crippen LogP contribution in [0.15, 0.2) is 17.2 Å². The molecule has 3 rings (SSSR count). The second-order valence-electron chi connectivity index (χ2n) is 4.08. The molecule has 0 N–H and O–H groups in total. The molecule has 0 radical (unpaired) electrons. The fraction of sp³-hybridized carbons (Fsp3) is 0.545. The van der Waals surface area contributed by atoms with E-state index in [1.807, 2.05) is 28.4 Å². The first-order valence-electron chi connectivity index (χ1n) is 5.75. The molecule has 1 aliphatic rings. The molecule has 2 heterocycles. The molecule has 4 nitrogen and oxygen atoms in total. The van der Waals surface area contributed by atoms with E-state index in [1.165, 1.54) is 19.3 Å². The molecule has 1 fully saturated rings. The van der Waals surface area contributed by atoms with Gasteiger partial charge in [0.25, 0.3) is 0 Å². The highest BCUT2D eigenvalue weighted by Crippen LogP contribution is 2.35. The standard InChI is InChI=1S/C11H14N4S/c1-2-9-12-13-10-6-7-11(14-15(9)10)16-8-4-3-5-8/h6-8H,2-5H2,1H3. The third-order valence-corrected chi connectivity index (χ3v) is 4.22. The van der Waals surface area contributed by atoms with Gasteiger partial charge in [-0.15, -0.1) is 22.0 Å². The van der Waals surface area contributed by atoms with Gasteiger partial charge in [0.15, 0.2) is 11.5 Å². The van der Waals surface area contributed by atoms with Crippen LogP contribution < -0.4 is 0 Å². The zero-order valence-corrected chi connectivity index (χ0v) is 10.1. The first kappa shape index (κ1) is 10.1. The largest absolute Gasteiger partial charge is 0.196 e. The Hall–Kier alpha value is -1.10. The van der Waals surface area contributed by atoms with Crippen LogP contribution in [0.25, 0.3) is 5.65 Å². The molecular weight excluding hydrogens is 220 g/mol. The second kappa shape index (κ2) is 4.05. The molecule has 0 aromatic carbocycles. The van der Waals surface area contributed by atoms with Crippen molar-refractivity contribution in [2.75, 3.05) is 0 Å². The quantitative estimate of drug-likeness (QED) is 0.817. The SMILES string of the molecule is CCc1nnc2ccc(SC3CCC3)nn12. The van der Waals surface area contributed by atoms with E-state index in [2.05, 4.69) is 22.2 Å². The van der Waals surface area contributed by atoms with Gasteiger partial charge in [0.05, 0.1) is 0 Å². The minimum absolute atomic E-state index is 0.770. The second-order valence-corrected chi connectivity index (χ2v) is 5.40. The van der Waals surface area contributed by atoms with Crippen LogP contribution in [-0.2, 0) is 6.42 Å². The van der Waals surface area contributed by atoms with Crippen LogP contribution in [0.1, 0.15) is 32.0 Å². The maximum absolute atomic E-state index is 4.58. The molecular formula is C11H14N4S. The fourth-order valence-corrected chi connectivity index (χ4v) is 2.95. The fourth-order valence-electron chi connectivity index (χ4n) is 1.76. The number of fused-ring (bicyclic) bond motifs is 1. The summed E-state index contributed by atoms with van der Waals surface area (Å²) in [5.74, 6) is 0.936. The summed E-state index contributed by atoms with van der Waals surface area (Å²) in [5.41, 5.74) is 0.842. The van der Waals surface area contributed by atoms with Gasteiger partial charge in [0.2, 0.25) is 0 Å². The van der Waals surface area contributed by atoms with E-state index >= 15 is 0 Å². The Morgan fingerprint density at radius 3 is 2.94 bits per heavy atom. The monoisotopic (exact) mass is 234 g/mol. The van der Waals surface area contributed by atoms with Crippen molar-refractivity contribution in [3.8, 4) is 0 Å². The Morgan fingerprint density at radius 2 is 2.25 bits per heavy atom. The third-order valence-electron chi connectivity index (χ3n) is 2.96. The van der Waals surface area contributed by atoms with Crippen LogP contribution in [0.5, 0.6) is 0 Å². The van der Waals surface area contributed by atoms with E-state index < -0.39 is 0 Å². The third kappa shape index (κ3) is 1.69. The highest BCUT2D eigenvalue weighted by molar-refractivity contribution is 7.99. The van der Waals surface area contributed by atoms with Crippen molar-refractivity contribution in [2.24, 2.45) is 0 Å². The summed E-state index contributed by atoms with van der Waals surface area (Å²) >= 11 is 1.88. The van der Waals surface area contributed by atoms with Crippen molar-refractivity contribution >= 4 is 17.4 Å². The summed E-state index contributed by atoms with van der Waals surface area (Å²) in [6.45, 7) is 2.07. The Bertz CT molecular complexity index is 504. The van der Waals surface area contributed by atoms with Gasteiger partial charge < -0.3 is 0 Å². The summed E-state index contributed by atoms with van der Waals surface area (Å²) in [7, 11) is 0. The maximum Gasteiger partial charge on any atom is 0.177 e. The molecule has 0 amide bonds. The highest BCUT2D eigenvalue weighted by Gasteiger charge is 2.19. The summed E-state index contributed by atoms with van der Waals surface area (Å²) < 4.78 is 1.86. The van der Waals surface area contributed by atoms with Crippen LogP contribution in [-0.4, -0.2) is 25.1 Å². The van der Waals surface area contributed by atoms with Crippen LogP contribution in [0.2, 0.25) is 0 Å². The van der Waals surface area contributed by atoms with E-state index in [4.69, 9.17) is 0 Å². The topological polar surface area (TPSA) is 43.1 Å². The van der Waals surface area contributed by atoms with E-state index in [1.54, 1.807) is 0 Å². The predicted molar refractivity (Wildman–Crippen MR) is 63.7 cm³/mol. The Kier molecular flexibility index (Phi) is 2.55. The van der Waals surface area contributed by atoms with E-state index in [0.717, 1.165) is 28.2 Å². The zero-order chi connectivity index (χ0) is 11.0. The van der Waals surface area contributed by atoms with E-state index in [0.29, 0.717) is 0 Å². The van der Waals surface area contributed by atoms with Gasteiger partial charge in [-0.3, -0.25) is 0 Å². The van der Waals surface area contributed by atoms with Crippen molar-refractivity contribution in [1.82, 2.24) is 19.8 Å². The smallest absolute Gasteiger partial charge is 0.177 e. The molecule has 0 aliphatic heterocycles. The number of hydrogen-bond acceptors (Lipinski definition) is 4. The molecule has 84 valence electrons. The average molecular weight is 234 g/mol. The van der Waals surface area contributed by atoms with Crippen LogP contribution >= 0.6 is 11.8 Å². The molecule has 0 unspecified atom stereocenters. The summed E-state index contributed by atoms with van der Waals surface area (Å²) in [5, 5.41) is 14.6. The molecule has 16 heavy (non-hydrogen) atoms. The lowest BCUT2D eigenvalue weighted by Gasteiger charge is -2.23. The van der Waals surface area contributed by atoms with E-state index in [-0.39, 0.29) is 0 Å². The number of thioether (sulfide) groups is 1. The Morgan fingerprint density at radius 1 is 1.38 bits per heavy atom. The lowest BCUT2D eigenvalue weighted by atomic mass is 10.0. The Balaban J connectivity index is 1.93. The number of aryl methyl sites for hydroxylation is 1. The van der Waals surface area contributed by atoms with Crippen molar-refractivity contribution < 1.29 is 0 Å². The van der Waals surface area contributed by atoms with Gasteiger partial charge in [-0.25, -0.2) is 0 Å². The molecule has 0 bridgehead atoms. The number of nitrogens with zero attached hydrogens (tertiary/aromatic N) is 4. The highest BCUT2D eigenvalue weighted by atomic mass is 32.2. The Labute approximate surface area is 98.5 Å². The average Bonchev–Trinajstić information content (AvgIpc) is 2.65. The minimum Gasteiger partial charge on any atom is -0.196 e. The maximum atomic E-state index is 4.58. The summed E-state index contributed by atoms with van der Waals surface area (Å²) in [6.07, 6.45) is 4.89. The first-order valence-corrected chi connectivity index (χ1v) is 6.63. The minimum atomic E-state index is 0.770. The van der Waals surface area contributed by atoms with Crippen molar-refractivity contribution in [1.29, 1.82) is 0 Å². The van der Waals surface area contributed by atoms with Gasteiger partial charge >= 0.3 is 0 Å². The van der Waals surface area contributed by atoms with Gasteiger partial charge in [-0.1, -0.05) is 13.3 Å². The lowest BCUT2D eigenvalue weighted by Crippen LogP contribution is -2.13. The van der Waals surface area contributed by atoms with Gasteiger partial charge in [0.1, 0.15) is 5.03 Å². The molecule has 2 aromatic rings. The first-order chi connectivity index (χ1) is 7.86. The number of rotatable bonds is 3. The predicted octanol–water partition coefficient (Wildman–Crippen LogP) is 2.33. The van der Waals surface area contributed by atoms with Crippen molar-refractivity contribution in [3.05, 3.63) is 18.0 Å². The number of hydrogen-bond donors (Lipinski definition) is 0. The number of aromatic nitrogens is 4. The van der Waals surface area contributed by atoms with Crippen LogP contribution in [0.3, 0.4) is 0 Å².